The third-order valence-corrected chi connectivity index (χ3v) is 5.98. The number of sulfone groups is 1. The van der Waals surface area contributed by atoms with Gasteiger partial charge in [0.05, 0.1) is 27.3 Å². The minimum absolute atomic E-state index is 0.0226. The fourth-order valence-electron chi connectivity index (χ4n) is 2.72. The number of amides is 3. The van der Waals surface area contributed by atoms with E-state index in [-0.39, 0.29) is 27.3 Å². The number of nitrogens with one attached hydrogen (secondary N) is 1. The molecule has 0 aromatic heterocycles. The van der Waals surface area contributed by atoms with Crippen LogP contribution in [0.25, 0.3) is 0 Å². The number of nitrogens with zero attached hydrogens (tertiary/aromatic N) is 1. The molecular weight excluding hydrogens is 356 g/mol. The van der Waals surface area contributed by atoms with Crippen LogP contribution in [0.5, 0.6) is 0 Å². The Morgan fingerprint density at radius 2 is 1.69 bits per heavy atom. The summed E-state index contributed by atoms with van der Waals surface area (Å²) in [5.74, 6) is -1.58. The summed E-state index contributed by atoms with van der Waals surface area (Å²) >= 11 is 0. The molecule has 3 amide bonds. The molecular formula is C18H16N2O5S. The van der Waals surface area contributed by atoms with Gasteiger partial charge >= 0.3 is 0 Å². The number of rotatable bonds is 4. The fraction of sp³-hybridized carbons (Fsp3) is 0.167. The topological polar surface area (TPSA) is 101 Å². The molecule has 0 saturated carbocycles. The van der Waals surface area contributed by atoms with Gasteiger partial charge in [-0.25, -0.2) is 8.42 Å². The van der Waals surface area contributed by atoms with Crippen LogP contribution >= 0.6 is 0 Å². The molecule has 0 aliphatic carbocycles. The van der Waals surface area contributed by atoms with Gasteiger partial charge in [0.25, 0.3) is 17.7 Å². The molecule has 2 aromatic rings. The second-order valence-corrected chi connectivity index (χ2v) is 8.03. The standard InChI is InChI=1S/C18H16N2O5S/c1-3-26(24,25)15-7-5-4-6-13(15)16(21)19-11-8-9-12-14(10-11)18(23)20(2)17(12)22/h4-10H,3H2,1-2H3,(H,19,21). The number of anilines is 1. The number of benzene rings is 2. The van der Waals surface area contributed by atoms with Crippen LogP contribution in [0.15, 0.2) is 47.4 Å². The van der Waals surface area contributed by atoms with Crippen molar-refractivity contribution in [2.75, 3.05) is 18.1 Å². The van der Waals surface area contributed by atoms with Crippen LogP contribution in [0, 0.1) is 0 Å². The molecule has 2 aromatic carbocycles. The molecule has 134 valence electrons. The van der Waals surface area contributed by atoms with Crippen molar-refractivity contribution in [1.29, 1.82) is 0 Å². The average Bonchev–Trinajstić information content (AvgIpc) is 2.86. The lowest BCUT2D eigenvalue weighted by atomic mass is 10.1. The van der Waals surface area contributed by atoms with Crippen LogP contribution in [-0.2, 0) is 9.84 Å². The van der Waals surface area contributed by atoms with Crippen molar-refractivity contribution in [1.82, 2.24) is 4.90 Å². The molecule has 1 aliphatic heterocycles. The van der Waals surface area contributed by atoms with E-state index in [9.17, 15) is 22.8 Å². The van der Waals surface area contributed by atoms with E-state index in [1.807, 2.05) is 0 Å². The van der Waals surface area contributed by atoms with Crippen molar-refractivity contribution in [3.05, 3.63) is 59.2 Å². The Balaban J connectivity index is 1.94. The molecule has 0 saturated heterocycles. The van der Waals surface area contributed by atoms with Gasteiger partial charge in [0, 0.05) is 12.7 Å². The Labute approximate surface area is 150 Å². The third kappa shape index (κ3) is 2.88. The highest BCUT2D eigenvalue weighted by atomic mass is 32.2. The van der Waals surface area contributed by atoms with Crippen molar-refractivity contribution in [2.24, 2.45) is 0 Å². The smallest absolute Gasteiger partial charge is 0.261 e. The van der Waals surface area contributed by atoms with Crippen molar-refractivity contribution >= 4 is 33.2 Å². The fourth-order valence-corrected chi connectivity index (χ4v) is 3.81. The van der Waals surface area contributed by atoms with E-state index >= 15 is 0 Å². The normalized spacial score (nSPS) is 13.7. The van der Waals surface area contributed by atoms with Crippen molar-refractivity contribution in [3.8, 4) is 0 Å². The van der Waals surface area contributed by atoms with Gasteiger partial charge in [0.1, 0.15) is 0 Å². The molecule has 3 rings (SSSR count). The van der Waals surface area contributed by atoms with Gasteiger partial charge in [-0.15, -0.1) is 0 Å². The summed E-state index contributed by atoms with van der Waals surface area (Å²) in [6.07, 6.45) is 0. The molecule has 26 heavy (non-hydrogen) atoms. The molecule has 0 fully saturated rings. The maximum Gasteiger partial charge on any atom is 0.261 e. The Hall–Kier alpha value is -3.00. The Kier molecular flexibility index (Phi) is 4.37. The molecule has 0 spiro atoms. The molecule has 0 bridgehead atoms. The summed E-state index contributed by atoms with van der Waals surface area (Å²) in [5.41, 5.74) is 0.789. The van der Waals surface area contributed by atoms with E-state index in [2.05, 4.69) is 5.32 Å². The largest absolute Gasteiger partial charge is 0.322 e. The molecule has 1 aliphatic rings. The quantitative estimate of drug-likeness (QED) is 0.827. The minimum Gasteiger partial charge on any atom is -0.322 e. The van der Waals surface area contributed by atoms with Crippen LogP contribution in [0.3, 0.4) is 0 Å². The van der Waals surface area contributed by atoms with E-state index in [1.54, 1.807) is 12.1 Å². The molecule has 0 radical (unpaired) electrons. The van der Waals surface area contributed by atoms with E-state index in [0.717, 1.165) is 4.90 Å². The molecule has 1 heterocycles. The van der Waals surface area contributed by atoms with Gasteiger partial charge in [-0.05, 0) is 30.3 Å². The first kappa shape index (κ1) is 17.8. The van der Waals surface area contributed by atoms with Gasteiger partial charge in [-0.1, -0.05) is 19.1 Å². The number of carbonyl (C=O) groups excluding carboxylic acids is 3. The number of imide groups is 1. The maximum atomic E-state index is 12.6. The van der Waals surface area contributed by atoms with Crippen molar-refractivity contribution in [2.45, 2.75) is 11.8 Å². The van der Waals surface area contributed by atoms with Crippen LogP contribution in [0.4, 0.5) is 5.69 Å². The maximum absolute atomic E-state index is 12.6. The SMILES string of the molecule is CCS(=O)(=O)c1ccccc1C(=O)Nc1ccc2c(c1)C(=O)N(C)C2=O. The molecule has 7 nitrogen and oxygen atoms in total. The summed E-state index contributed by atoms with van der Waals surface area (Å²) in [4.78, 5) is 37.5. The van der Waals surface area contributed by atoms with Gasteiger partial charge in [0.15, 0.2) is 9.84 Å². The Morgan fingerprint density at radius 3 is 2.38 bits per heavy atom. The molecule has 0 atom stereocenters. The van der Waals surface area contributed by atoms with E-state index in [1.165, 1.54) is 44.3 Å². The zero-order valence-electron chi connectivity index (χ0n) is 14.1. The van der Waals surface area contributed by atoms with Crippen LogP contribution < -0.4 is 5.32 Å². The van der Waals surface area contributed by atoms with E-state index in [0.29, 0.717) is 5.69 Å². The first-order valence-corrected chi connectivity index (χ1v) is 9.51. The van der Waals surface area contributed by atoms with Crippen LogP contribution in [-0.4, -0.2) is 43.8 Å². The Bertz CT molecular complexity index is 1040. The van der Waals surface area contributed by atoms with Crippen molar-refractivity contribution < 1.29 is 22.8 Å². The highest BCUT2D eigenvalue weighted by molar-refractivity contribution is 7.91. The van der Waals surface area contributed by atoms with E-state index in [4.69, 9.17) is 0 Å². The minimum atomic E-state index is -3.57. The van der Waals surface area contributed by atoms with Gasteiger partial charge in [-0.3, -0.25) is 19.3 Å². The second-order valence-electron chi connectivity index (χ2n) is 5.78. The highest BCUT2D eigenvalue weighted by Gasteiger charge is 2.33. The van der Waals surface area contributed by atoms with Gasteiger partial charge in [-0.2, -0.15) is 0 Å². The third-order valence-electron chi connectivity index (χ3n) is 4.19. The lowest BCUT2D eigenvalue weighted by Gasteiger charge is -2.10. The Morgan fingerprint density at radius 1 is 1.04 bits per heavy atom. The number of hydrogen-bond donors (Lipinski definition) is 1. The summed E-state index contributed by atoms with van der Waals surface area (Å²) in [6.45, 7) is 1.50. The monoisotopic (exact) mass is 372 g/mol. The van der Waals surface area contributed by atoms with Gasteiger partial charge < -0.3 is 5.32 Å². The van der Waals surface area contributed by atoms with Crippen LogP contribution in [0.1, 0.15) is 38.0 Å². The molecule has 0 unspecified atom stereocenters. The van der Waals surface area contributed by atoms with Gasteiger partial charge in [0.2, 0.25) is 0 Å². The number of hydrogen-bond acceptors (Lipinski definition) is 5. The number of fused-ring (bicyclic) bond motifs is 1. The highest BCUT2D eigenvalue weighted by Crippen LogP contribution is 2.25. The predicted molar refractivity (Wildman–Crippen MR) is 95.0 cm³/mol. The molecule has 8 heteroatoms. The van der Waals surface area contributed by atoms with Crippen LogP contribution in [0.2, 0.25) is 0 Å². The predicted octanol–water partition coefficient (Wildman–Crippen LogP) is 1.96. The van der Waals surface area contributed by atoms with Crippen molar-refractivity contribution in [3.63, 3.8) is 0 Å². The first-order chi connectivity index (χ1) is 12.3. The van der Waals surface area contributed by atoms with E-state index < -0.39 is 27.6 Å². The summed E-state index contributed by atoms with van der Waals surface area (Å²) in [7, 11) is -2.18. The zero-order chi connectivity index (χ0) is 19.1. The lowest BCUT2D eigenvalue weighted by Crippen LogP contribution is -2.24. The summed E-state index contributed by atoms with van der Waals surface area (Å²) in [6, 6.07) is 10.3. The zero-order valence-corrected chi connectivity index (χ0v) is 15.0. The lowest BCUT2D eigenvalue weighted by molar-refractivity contribution is 0.0692. The molecule has 1 N–H and O–H groups in total. The first-order valence-electron chi connectivity index (χ1n) is 7.86. The second kappa shape index (κ2) is 6.38. The average molecular weight is 372 g/mol. The summed E-state index contributed by atoms with van der Waals surface area (Å²) < 4.78 is 24.4. The number of carbonyl (C=O) groups is 3. The summed E-state index contributed by atoms with van der Waals surface area (Å²) in [5, 5.41) is 2.59.